The molecule has 0 saturated carbocycles. The van der Waals surface area contributed by atoms with Gasteiger partial charge in [-0.05, 0) is 58.2 Å². The monoisotopic (exact) mass is 316 g/mol. The fraction of sp³-hybridized carbons (Fsp3) is 0.133. The van der Waals surface area contributed by atoms with Gasteiger partial charge in [-0.2, -0.15) is 5.26 Å². The predicted molar refractivity (Wildman–Crippen MR) is 78.8 cm³/mol. The molecule has 2 aromatic rings. The third-order valence-corrected chi connectivity index (χ3v) is 3.49. The summed E-state index contributed by atoms with van der Waals surface area (Å²) in [6, 6.07) is 13.2. The van der Waals surface area contributed by atoms with Crippen LogP contribution in [0.15, 0.2) is 40.9 Å². The molecule has 2 aromatic carbocycles. The van der Waals surface area contributed by atoms with Crippen molar-refractivity contribution in [1.29, 1.82) is 5.26 Å². The smallest absolute Gasteiger partial charge is 0.124 e. The number of aryl methyl sites for hydroxylation is 1. The van der Waals surface area contributed by atoms with E-state index in [1.54, 1.807) is 12.1 Å². The Morgan fingerprint density at radius 2 is 2.05 bits per heavy atom. The number of nitriles is 1. The van der Waals surface area contributed by atoms with Crippen LogP contribution in [0.25, 0.3) is 0 Å². The average Bonchev–Trinajstić information content (AvgIpc) is 2.41. The lowest BCUT2D eigenvalue weighted by Gasteiger charge is -2.10. The van der Waals surface area contributed by atoms with E-state index in [9.17, 15) is 0 Å². The van der Waals surface area contributed by atoms with Crippen molar-refractivity contribution in [1.82, 2.24) is 0 Å². The maximum Gasteiger partial charge on any atom is 0.124 e. The molecule has 0 saturated heterocycles. The Hall–Kier alpha value is -1.99. The molecule has 2 rings (SSSR count). The molecule has 96 valence electrons. The van der Waals surface area contributed by atoms with E-state index in [2.05, 4.69) is 22.0 Å². The summed E-state index contributed by atoms with van der Waals surface area (Å²) >= 11 is 3.35. The van der Waals surface area contributed by atoms with E-state index in [-0.39, 0.29) is 0 Å². The van der Waals surface area contributed by atoms with E-state index in [0.29, 0.717) is 17.9 Å². The van der Waals surface area contributed by atoms with Crippen molar-refractivity contribution in [2.24, 2.45) is 0 Å². The van der Waals surface area contributed by atoms with Crippen LogP contribution in [0.3, 0.4) is 0 Å². The standard InChI is InChI=1S/C15H13BrN2O/c1-10-2-3-11(8-17)7-15(10)19-9-12-4-5-13(16)14(18)6-12/h2-7H,9,18H2,1H3. The van der Waals surface area contributed by atoms with E-state index < -0.39 is 0 Å². The summed E-state index contributed by atoms with van der Waals surface area (Å²) in [6.45, 7) is 2.37. The summed E-state index contributed by atoms with van der Waals surface area (Å²) in [4.78, 5) is 0. The maximum atomic E-state index is 8.88. The molecule has 4 heteroatoms. The second-order valence-corrected chi connectivity index (χ2v) is 5.09. The van der Waals surface area contributed by atoms with Crippen LogP contribution in [0.2, 0.25) is 0 Å². The van der Waals surface area contributed by atoms with E-state index in [1.807, 2.05) is 31.2 Å². The lowest BCUT2D eigenvalue weighted by molar-refractivity contribution is 0.304. The molecular formula is C15H13BrN2O. The van der Waals surface area contributed by atoms with Crippen molar-refractivity contribution in [3.05, 3.63) is 57.6 Å². The normalized spacial score (nSPS) is 9.95. The summed E-state index contributed by atoms with van der Waals surface area (Å²) in [6.07, 6.45) is 0. The van der Waals surface area contributed by atoms with Gasteiger partial charge in [-0.3, -0.25) is 0 Å². The van der Waals surface area contributed by atoms with Gasteiger partial charge in [0.1, 0.15) is 12.4 Å². The first-order chi connectivity index (χ1) is 9.10. The van der Waals surface area contributed by atoms with E-state index in [0.717, 1.165) is 21.3 Å². The van der Waals surface area contributed by atoms with Crippen LogP contribution >= 0.6 is 15.9 Å². The first-order valence-electron chi connectivity index (χ1n) is 5.77. The number of hydrogen-bond donors (Lipinski definition) is 1. The van der Waals surface area contributed by atoms with E-state index in [4.69, 9.17) is 15.7 Å². The molecule has 0 aliphatic carbocycles. The van der Waals surface area contributed by atoms with Gasteiger partial charge in [0.25, 0.3) is 0 Å². The van der Waals surface area contributed by atoms with Gasteiger partial charge in [-0.1, -0.05) is 12.1 Å². The molecule has 0 aliphatic rings. The second-order valence-electron chi connectivity index (χ2n) is 4.24. The molecule has 0 spiro atoms. The molecule has 0 amide bonds. The van der Waals surface area contributed by atoms with Crippen LogP contribution < -0.4 is 10.5 Å². The predicted octanol–water partition coefficient (Wildman–Crippen LogP) is 3.79. The van der Waals surface area contributed by atoms with Crippen LogP contribution in [0.1, 0.15) is 16.7 Å². The molecular weight excluding hydrogens is 304 g/mol. The lowest BCUT2D eigenvalue weighted by Crippen LogP contribution is -1.99. The second kappa shape index (κ2) is 5.77. The third-order valence-electron chi connectivity index (χ3n) is 2.77. The zero-order valence-electron chi connectivity index (χ0n) is 10.5. The van der Waals surface area contributed by atoms with E-state index >= 15 is 0 Å². The Balaban J connectivity index is 2.14. The van der Waals surface area contributed by atoms with Gasteiger partial charge in [0, 0.05) is 10.2 Å². The van der Waals surface area contributed by atoms with Crippen molar-refractivity contribution < 1.29 is 4.74 Å². The fourth-order valence-electron chi connectivity index (χ4n) is 1.67. The number of nitrogens with zero attached hydrogens (tertiary/aromatic N) is 1. The summed E-state index contributed by atoms with van der Waals surface area (Å²) < 4.78 is 6.61. The zero-order chi connectivity index (χ0) is 13.8. The summed E-state index contributed by atoms with van der Waals surface area (Å²) in [7, 11) is 0. The molecule has 0 aromatic heterocycles. The van der Waals surface area contributed by atoms with Gasteiger partial charge in [-0.15, -0.1) is 0 Å². The van der Waals surface area contributed by atoms with Crippen molar-refractivity contribution in [2.75, 3.05) is 5.73 Å². The van der Waals surface area contributed by atoms with Gasteiger partial charge in [0.2, 0.25) is 0 Å². The van der Waals surface area contributed by atoms with Crippen molar-refractivity contribution in [3.8, 4) is 11.8 Å². The topological polar surface area (TPSA) is 59.0 Å². The van der Waals surface area contributed by atoms with Crippen molar-refractivity contribution >= 4 is 21.6 Å². The number of rotatable bonds is 3. The number of ether oxygens (including phenoxy) is 1. The number of hydrogen-bond acceptors (Lipinski definition) is 3. The van der Waals surface area contributed by atoms with Crippen molar-refractivity contribution in [3.63, 3.8) is 0 Å². The Morgan fingerprint density at radius 1 is 1.26 bits per heavy atom. The fourth-order valence-corrected chi connectivity index (χ4v) is 1.92. The molecule has 0 heterocycles. The molecule has 2 N–H and O–H groups in total. The van der Waals surface area contributed by atoms with Crippen LogP contribution in [0.4, 0.5) is 5.69 Å². The van der Waals surface area contributed by atoms with Crippen LogP contribution in [0.5, 0.6) is 5.75 Å². The first-order valence-corrected chi connectivity index (χ1v) is 6.57. The lowest BCUT2D eigenvalue weighted by atomic mass is 10.1. The molecule has 0 atom stereocenters. The molecule has 0 radical (unpaired) electrons. The van der Waals surface area contributed by atoms with Gasteiger partial charge in [-0.25, -0.2) is 0 Å². The highest BCUT2D eigenvalue weighted by molar-refractivity contribution is 9.10. The molecule has 0 bridgehead atoms. The third kappa shape index (κ3) is 3.27. The van der Waals surface area contributed by atoms with Gasteiger partial charge >= 0.3 is 0 Å². The number of nitrogens with two attached hydrogens (primary N) is 1. The highest BCUT2D eigenvalue weighted by atomic mass is 79.9. The first kappa shape index (κ1) is 13.4. The maximum absolute atomic E-state index is 8.88. The number of nitrogen functional groups attached to an aromatic ring is 1. The van der Waals surface area contributed by atoms with Crippen molar-refractivity contribution in [2.45, 2.75) is 13.5 Å². The highest BCUT2D eigenvalue weighted by Crippen LogP contribution is 2.23. The molecule has 3 nitrogen and oxygen atoms in total. The molecule has 19 heavy (non-hydrogen) atoms. The molecule has 0 unspecified atom stereocenters. The minimum atomic E-state index is 0.424. The van der Waals surface area contributed by atoms with Crippen LogP contribution in [-0.2, 0) is 6.61 Å². The highest BCUT2D eigenvalue weighted by Gasteiger charge is 2.03. The Kier molecular flexibility index (Phi) is 4.08. The largest absolute Gasteiger partial charge is 0.489 e. The summed E-state index contributed by atoms with van der Waals surface area (Å²) in [5.41, 5.74) is 9.09. The molecule has 0 fully saturated rings. The Morgan fingerprint density at radius 3 is 2.74 bits per heavy atom. The molecule has 0 aliphatic heterocycles. The minimum Gasteiger partial charge on any atom is -0.489 e. The van der Waals surface area contributed by atoms with Crippen LogP contribution in [-0.4, -0.2) is 0 Å². The van der Waals surface area contributed by atoms with E-state index in [1.165, 1.54) is 0 Å². The Labute approximate surface area is 120 Å². The van der Waals surface area contributed by atoms with Crippen LogP contribution in [0, 0.1) is 18.3 Å². The Bertz CT molecular complexity index is 647. The number of halogens is 1. The number of benzene rings is 2. The van der Waals surface area contributed by atoms with Gasteiger partial charge in [0.15, 0.2) is 0 Å². The minimum absolute atomic E-state index is 0.424. The van der Waals surface area contributed by atoms with Gasteiger partial charge < -0.3 is 10.5 Å². The summed E-state index contributed by atoms with van der Waals surface area (Å²) in [5.74, 6) is 0.723. The zero-order valence-corrected chi connectivity index (χ0v) is 12.1. The number of anilines is 1. The quantitative estimate of drug-likeness (QED) is 0.876. The SMILES string of the molecule is Cc1ccc(C#N)cc1OCc1ccc(Br)c(N)c1. The van der Waals surface area contributed by atoms with Gasteiger partial charge in [0.05, 0.1) is 11.6 Å². The summed E-state index contributed by atoms with van der Waals surface area (Å²) in [5, 5.41) is 8.88. The average molecular weight is 317 g/mol.